The van der Waals surface area contributed by atoms with Gasteiger partial charge in [-0.15, -0.1) is 0 Å². The van der Waals surface area contributed by atoms with Crippen molar-refractivity contribution in [3.05, 3.63) is 0 Å². The lowest BCUT2D eigenvalue weighted by molar-refractivity contribution is -0.147. The summed E-state index contributed by atoms with van der Waals surface area (Å²) in [5.74, 6) is -2.35. The topological polar surface area (TPSA) is 169 Å². The van der Waals surface area contributed by atoms with Gasteiger partial charge in [0.1, 0.15) is 12.7 Å². The largest absolute Gasteiger partial charge is 0.480 e. The summed E-state index contributed by atoms with van der Waals surface area (Å²) in [5, 5.41) is 21.9. The number of carboxylic acid groups (broad SMARTS) is 1. The van der Waals surface area contributed by atoms with E-state index in [0.717, 1.165) is 38.5 Å². The van der Waals surface area contributed by atoms with Crippen LogP contribution in [-0.4, -0.2) is 64.9 Å². The number of phosphoric acid groups is 1. The van der Waals surface area contributed by atoms with E-state index < -0.39 is 57.6 Å². The van der Waals surface area contributed by atoms with Gasteiger partial charge in [0.25, 0.3) is 0 Å². The van der Waals surface area contributed by atoms with Crippen LogP contribution in [0.4, 0.5) is 0 Å². The first-order chi connectivity index (χ1) is 30.6. The van der Waals surface area contributed by atoms with Gasteiger partial charge in [-0.3, -0.25) is 18.6 Å². The molecule has 0 saturated heterocycles. The van der Waals surface area contributed by atoms with E-state index in [-0.39, 0.29) is 12.8 Å². The zero-order chi connectivity index (χ0) is 46.3. The van der Waals surface area contributed by atoms with Crippen LogP contribution >= 0.6 is 7.82 Å². The molecule has 11 nitrogen and oxygen atoms in total. The molecule has 3 atom stereocenters. The molecule has 0 spiro atoms. The first kappa shape index (κ1) is 61.5. The third-order valence-corrected chi connectivity index (χ3v) is 13.1. The molecule has 0 aromatic carbocycles. The quantitative estimate of drug-likeness (QED) is 0.0262. The van der Waals surface area contributed by atoms with Crippen LogP contribution < -0.4 is 5.32 Å². The smallest absolute Gasteiger partial charge is 0.472 e. The highest BCUT2D eigenvalue weighted by atomic mass is 31.2. The lowest BCUT2D eigenvalue weighted by Crippen LogP contribution is -2.43. The summed E-state index contributed by atoms with van der Waals surface area (Å²) in [6, 6.07) is -1.54. The van der Waals surface area contributed by atoms with Crippen molar-refractivity contribution in [2.75, 3.05) is 19.8 Å². The highest BCUT2D eigenvalue weighted by molar-refractivity contribution is 7.47. The molecule has 374 valence electrons. The molecule has 63 heavy (non-hydrogen) atoms. The monoisotopic (exact) mass is 918 g/mol. The standard InChI is InChI=1S/C51H100NO10P/c1-3-5-7-9-11-13-15-17-19-21-22-23-24-25-26-27-29-31-33-35-37-39-41-43-50(55)60-44-47(53)45-61-63(58,59)62-46-48(51(56)57)52-49(54)42-40-38-36-34-32-30-28-20-18-16-14-12-10-8-6-4-2/h47-48,53H,3-46H2,1-2H3,(H,52,54)(H,56,57)(H,58,59). The van der Waals surface area contributed by atoms with E-state index in [1.807, 2.05) is 0 Å². The first-order valence-electron chi connectivity index (χ1n) is 26.6. The van der Waals surface area contributed by atoms with Crippen LogP contribution in [-0.2, 0) is 32.7 Å². The number of carbonyl (C=O) groups excluding carboxylic acids is 2. The summed E-state index contributed by atoms with van der Waals surface area (Å²) < 4.78 is 27.0. The van der Waals surface area contributed by atoms with Crippen molar-refractivity contribution >= 4 is 25.7 Å². The van der Waals surface area contributed by atoms with Crippen LogP contribution in [0.25, 0.3) is 0 Å². The predicted octanol–water partition coefficient (Wildman–Crippen LogP) is 14.6. The van der Waals surface area contributed by atoms with Crippen molar-refractivity contribution in [3.63, 3.8) is 0 Å². The molecular weight excluding hydrogens is 818 g/mol. The SMILES string of the molecule is CCCCCCCCCCCCCCCCCCCCCCCCCC(=O)OCC(O)COP(=O)(O)OCC(NC(=O)CCCCCCCCCCCCCCCCCC)C(=O)O. The van der Waals surface area contributed by atoms with Gasteiger partial charge in [-0.05, 0) is 12.8 Å². The second-order valence-corrected chi connectivity index (χ2v) is 19.9. The molecule has 0 rings (SSSR count). The van der Waals surface area contributed by atoms with Crippen LogP contribution in [0.3, 0.4) is 0 Å². The highest BCUT2D eigenvalue weighted by Gasteiger charge is 2.28. The summed E-state index contributed by atoms with van der Waals surface area (Å²) in [7, 11) is -4.75. The van der Waals surface area contributed by atoms with Crippen LogP contribution in [0.5, 0.6) is 0 Å². The summed E-state index contributed by atoms with van der Waals surface area (Å²) in [4.78, 5) is 46.1. The fourth-order valence-electron chi connectivity index (χ4n) is 8.03. The van der Waals surface area contributed by atoms with Crippen molar-refractivity contribution < 1.29 is 47.8 Å². The maximum absolute atomic E-state index is 12.3. The Hall–Kier alpha value is -1.52. The van der Waals surface area contributed by atoms with E-state index >= 15 is 0 Å². The lowest BCUT2D eigenvalue weighted by Gasteiger charge is -2.18. The Morgan fingerprint density at radius 1 is 0.444 bits per heavy atom. The van der Waals surface area contributed by atoms with E-state index in [4.69, 9.17) is 13.8 Å². The Balaban J connectivity index is 3.74. The molecule has 0 aromatic heterocycles. The van der Waals surface area contributed by atoms with Crippen molar-refractivity contribution in [2.45, 2.75) is 289 Å². The Bertz CT molecular complexity index is 1080. The van der Waals surface area contributed by atoms with Crippen molar-refractivity contribution in [2.24, 2.45) is 0 Å². The van der Waals surface area contributed by atoms with Gasteiger partial charge >= 0.3 is 19.8 Å². The fraction of sp³-hybridized carbons (Fsp3) is 0.941. The van der Waals surface area contributed by atoms with Gasteiger partial charge < -0.3 is 25.2 Å². The molecule has 12 heteroatoms. The average Bonchev–Trinajstić information content (AvgIpc) is 3.26. The lowest BCUT2D eigenvalue weighted by atomic mass is 10.0. The minimum absolute atomic E-state index is 0.153. The number of aliphatic carboxylic acids is 1. The molecule has 0 heterocycles. The molecule has 0 aliphatic rings. The van der Waals surface area contributed by atoms with E-state index in [1.165, 1.54) is 199 Å². The van der Waals surface area contributed by atoms with Gasteiger partial charge in [0.2, 0.25) is 5.91 Å². The number of esters is 1. The molecule has 0 bridgehead atoms. The molecule has 0 aliphatic heterocycles. The highest BCUT2D eigenvalue weighted by Crippen LogP contribution is 2.43. The Kier molecular flexibility index (Phi) is 45.9. The minimum atomic E-state index is -4.75. The number of carbonyl (C=O) groups is 3. The number of unbranched alkanes of at least 4 members (excludes halogenated alkanes) is 37. The summed E-state index contributed by atoms with van der Waals surface area (Å²) in [6.45, 7) is 2.66. The van der Waals surface area contributed by atoms with Crippen LogP contribution in [0.1, 0.15) is 277 Å². The van der Waals surface area contributed by atoms with Gasteiger partial charge in [-0.2, -0.15) is 0 Å². The van der Waals surface area contributed by atoms with E-state index in [1.54, 1.807) is 0 Å². The molecule has 0 fully saturated rings. The van der Waals surface area contributed by atoms with Crippen LogP contribution in [0.15, 0.2) is 0 Å². The van der Waals surface area contributed by atoms with Crippen molar-refractivity contribution in [3.8, 4) is 0 Å². The summed E-state index contributed by atoms with van der Waals surface area (Å²) in [5.41, 5.74) is 0. The van der Waals surface area contributed by atoms with E-state index in [9.17, 15) is 34.1 Å². The molecule has 3 unspecified atom stereocenters. The zero-order valence-electron chi connectivity index (χ0n) is 40.9. The molecular formula is C51H100NO10P. The van der Waals surface area contributed by atoms with Crippen molar-refractivity contribution in [1.29, 1.82) is 0 Å². The number of amides is 1. The van der Waals surface area contributed by atoms with Crippen LogP contribution in [0, 0.1) is 0 Å². The average molecular weight is 918 g/mol. The summed E-state index contributed by atoms with van der Waals surface area (Å²) in [6.07, 6.45) is 48.5. The number of ether oxygens (including phenoxy) is 1. The maximum atomic E-state index is 12.3. The van der Waals surface area contributed by atoms with E-state index in [2.05, 4.69) is 19.2 Å². The second-order valence-electron chi connectivity index (χ2n) is 18.4. The Labute approximate surface area is 386 Å². The number of hydrogen-bond acceptors (Lipinski definition) is 8. The summed E-state index contributed by atoms with van der Waals surface area (Å²) >= 11 is 0. The first-order valence-corrected chi connectivity index (χ1v) is 28.1. The number of aliphatic hydroxyl groups is 1. The Morgan fingerprint density at radius 3 is 1.05 bits per heavy atom. The van der Waals surface area contributed by atoms with Gasteiger partial charge in [0, 0.05) is 12.8 Å². The molecule has 4 N–H and O–H groups in total. The van der Waals surface area contributed by atoms with Gasteiger partial charge in [-0.1, -0.05) is 251 Å². The minimum Gasteiger partial charge on any atom is -0.480 e. The van der Waals surface area contributed by atoms with Crippen molar-refractivity contribution in [1.82, 2.24) is 5.32 Å². The normalized spacial score (nSPS) is 13.5. The number of phosphoric ester groups is 1. The van der Waals surface area contributed by atoms with Gasteiger partial charge in [0.05, 0.1) is 13.2 Å². The van der Waals surface area contributed by atoms with Gasteiger partial charge in [-0.25, -0.2) is 9.36 Å². The molecule has 0 saturated carbocycles. The maximum Gasteiger partial charge on any atom is 0.472 e. The number of carboxylic acids is 1. The predicted molar refractivity (Wildman–Crippen MR) is 259 cm³/mol. The third kappa shape index (κ3) is 46.8. The second kappa shape index (κ2) is 47.0. The Morgan fingerprint density at radius 2 is 0.730 bits per heavy atom. The van der Waals surface area contributed by atoms with E-state index in [0.29, 0.717) is 12.8 Å². The molecule has 0 radical (unpaired) electrons. The fourth-order valence-corrected chi connectivity index (χ4v) is 8.80. The number of aliphatic hydroxyl groups excluding tert-OH is 1. The van der Waals surface area contributed by atoms with Gasteiger partial charge in [0.15, 0.2) is 6.04 Å². The zero-order valence-corrected chi connectivity index (χ0v) is 41.8. The molecule has 0 aliphatic carbocycles. The molecule has 0 aromatic rings. The van der Waals surface area contributed by atoms with Crippen LogP contribution in [0.2, 0.25) is 0 Å². The number of hydrogen-bond donors (Lipinski definition) is 4. The molecule has 1 amide bonds. The third-order valence-electron chi connectivity index (χ3n) is 12.1. The number of rotatable bonds is 51. The number of nitrogens with one attached hydrogen (secondary N) is 1.